The van der Waals surface area contributed by atoms with E-state index < -0.39 is 0 Å². The summed E-state index contributed by atoms with van der Waals surface area (Å²) in [5.74, 6) is 2.90. The molecule has 3 nitrogen and oxygen atoms in total. The quantitative estimate of drug-likeness (QED) is 0.807. The molecule has 2 aromatic heterocycles. The number of rotatable bonds is 3. The van der Waals surface area contributed by atoms with Gasteiger partial charge in [0.25, 0.3) is 0 Å². The molecule has 0 bridgehead atoms. The van der Waals surface area contributed by atoms with Crippen molar-refractivity contribution in [2.24, 2.45) is 11.8 Å². The third kappa shape index (κ3) is 1.44. The Morgan fingerprint density at radius 2 is 1.78 bits per heavy atom. The highest BCUT2D eigenvalue weighted by molar-refractivity contribution is 5.61. The van der Waals surface area contributed by atoms with Gasteiger partial charge in [0.15, 0.2) is 0 Å². The van der Waals surface area contributed by atoms with Crippen LogP contribution in [-0.4, -0.2) is 0 Å². The molecule has 18 heavy (non-hydrogen) atoms. The molecule has 0 amide bonds. The first-order valence-corrected chi connectivity index (χ1v) is 6.19. The van der Waals surface area contributed by atoms with E-state index in [4.69, 9.17) is 8.83 Å². The van der Waals surface area contributed by atoms with Gasteiger partial charge in [0.05, 0.1) is 12.5 Å². The van der Waals surface area contributed by atoms with Gasteiger partial charge in [-0.15, -0.1) is 0 Å². The van der Waals surface area contributed by atoms with Gasteiger partial charge in [0.2, 0.25) is 11.8 Å². The van der Waals surface area contributed by atoms with Gasteiger partial charge in [0.1, 0.15) is 0 Å². The summed E-state index contributed by atoms with van der Waals surface area (Å²) in [6.07, 6.45) is 11.2. The van der Waals surface area contributed by atoms with Crippen LogP contribution in [0.4, 0.5) is 11.8 Å². The van der Waals surface area contributed by atoms with Crippen molar-refractivity contribution in [3.05, 3.63) is 60.7 Å². The number of furan rings is 2. The van der Waals surface area contributed by atoms with Gasteiger partial charge in [0, 0.05) is 23.7 Å². The van der Waals surface area contributed by atoms with Crippen molar-refractivity contribution in [3.8, 4) is 0 Å². The molecule has 0 spiro atoms. The van der Waals surface area contributed by atoms with Gasteiger partial charge in [-0.25, -0.2) is 0 Å². The van der Waals surface area contributed by atoms with Crippen molar-refractivity contribution >= 4 is 11.8 Å². The Morgan fingerprint density at radius 3 is 2.39 bits per heavy atom. The highest BCUT2D eigenvalue weighted by atomic mass is 16.4. The predicted molar refractivity (Wildman–Crippen MR) is 68.4 cm³/mol. The van der Waals surface area contributed by atoms with Crippen LogP contribution in [0.15, 0.2) is 69.6 Å². The fourth-order valence-corrected chi connectivity index (χ4v) is 2.59. The summed E-state index contributed by atoms with van der Waals surface area (Å²) < 4.78 is 11.1. The van der Waals surface area contributed by atoms with Gasteiger partial charge < -0.3 is 8.83 Å². The minimum atomic E-state index is 0.602. The Hall–Kier alpha value is -2.16. The highest BCUT2D eigenvalue weighted by Crippen LogP contribution is 2.50. The second-order valence-corrected chi connectivity index (χ2v) is 4.72. The van der Waals surface area contributed by atoms with Crippen LogP contribution in [0.1, 0.15) is 6.42 Å². The Labute approximate surface area is 105 Å². The SMILES string of the molecule is C1=CC2CC2C(N(c2ccco2)c2ccco2)=C1. The summed E-state index contributed by atoms with van der Waals surface area (Å²) in [4.78, 5) is 2.06. The monoisotopic (exact) mass is 239 g/mol. The van der Waals surface area contributed by atoms with Gasteiger partial charge in [-0.05, 0) is 30.5 Å². The number of anilines is 2. The minimum absolute atomic E-state index is 0.602. The van der Waals surface area contributed by atoms with Crippen LogP contribution in [0.3, 0.4) is 0 Å². The molecule has 3 heteroatoms. The van der Waals surface area contributed by atoms with Crippen molar-refractivity contribution in [2.75, 3.05) is 4.90 Å². The summed E-state index contributed by atoms with van der Waals surface area (Å²) in [6.45, 7) is 0. The average Bonchev–Trinajstić information content (AvgIpc) is 2.83. The molecule has 0 N–H and O–H groups in total. The molecule has 4 rings (SSSR count). The summed E-state index contributed by atoms with van der Waals surface area (Å²) in [6, 6.07) is 7.71. The molecule has 1 saturated carbocycles. The van der Waals surface area contributed by atoms with Crippen LogP contribution in [0, 0.1) is 11.8 Å². The van der Waals surface area contributed by atoms with Crippen molar-refractivity contribution in [2.45, 2.75) is 6.42 Å². The molecular formula is C15H13NO2. The molecule has 0 radical (unpaired) electrons. The maximum Gasteiger partial charge on any atom is 0.206 e. The van der Waals surface area contributed by atoms with Crippen LogP contribution in [0.2, 0.25) is 0 Å². The maximum atomic E-state index is 5.54. The van der Waals surface area contributed by atoms with Crippen LogP contribution >= 0.6 is 0 Å². The number of hydrogen-bond donors (Lipinski definition) is 0. The minimum Gasteiger partial charge on any atom is -0.448 e. The number of hydrogen-bond acceptors (Lipinski definition) is 3. The summed E-state index contributed by atoms with van der Waals surface area (Å²) >= 11 is 0. The smallest absolute Gasteiger partial charge is 0.206 e. The largest absolute Gasteiger partial charge is 0.448 e. The van der Waals surface area contributed by atoms with E-state index in [0.29, 0.717) is 11.8 Å². The number of fused-ring (bicyclic) bond motifs is 1. The van der Waals surface area contributed by atoms with Crippen molar-refractivity contribution in [3.63, 3.8) is 0 Å². The second kappa shape index (κ2) is 3.67. The van der Waals surface area contributed by atoms with E-state index in [9.17, 15) is 0 Å². The molecule has 90 valence electrons. The molecule has 1 fully saturated rings. The summed E-state index contributed by atoms with van der Waals surface area (Å²) in [7, 11) is 0. The van der Waals surface area contributed by atoms with Crippen LogP contribution in [0.25, 0.3) is 0 Å². The zero-order valence-electron chi connectivity index (χ0n) is 9.82. The summed E-state index contributed by atoms with van der Waals surface area (Å²) in [5, 5.41) is 0. The molecule has 2 aliphatic carbocycles. The Kier molecular flexibility index (Phi) is 2.00. The van der Waals surface area contributed by atoms with E-state index in [1.165, 1.54) is 12.1 Å². The molecule has 2 unspecified atom stereocenters. The lowest BCUT2D eigenvalue weighted by Crippen LogP contribution is -2.18. The lowest BCUT2D eigenvalue weighted by molar-refractivity contribution is 0.529. The third-order valence-electron chi connectivity index (χ3n) is 3.56. The molecule has 2 aliphatic rings. The van der Waals surface area contributed by atoms with Crippen LogP contribution in [-0.2, 0) is 0 Å². The Bertz CT molecular complexity index is 558. The maximum absolute atomic E-state index is 5.54. The van der Waals surface area contributed by atoms with E-state index in [1.54, 1.807) is 12.5 Å². The topological polar surface area (TPSA) is 29.5 Å². The zero-order chi connectivity index (χ0) is 11.9. The normalized spacial score (nSPS) is 24.6. The van der Waals surface area contributed by atoms with Gasteiger partial charge in [-0.2, -0.15) is 0 Å². The van der Waals surface area contributed by atoms with E-state index in [2.05, 4.69) is 23.1 Å². The van der Waals surface area contributed by atoms with E-state index in [0.717, 1.165) is 11.8 Å². The first kappa shape index (κ1) is 9.83. The van der Waals surface area contributed by atoms with Gasteiger partial charge in [-0.3, -0.25) is 4.90 Å². The van der Waals surface area contributed by atoms with E-state index in [1.807, 2.05) is 24.3 Å². The Morgan fingerprint density at radius 1 is 1.06 bits per heavy atom. The highest BCUT2D eigenvalue weighted by Gasteiger charge is 2.42. The van der Waals surface area contributed by atoms with Gasteiger partial charge >= 0.3 is 0 Å². The number of nitrogens with zero attached hydrogens (tertiary/aromatic N) is 1. The van der Waals surface area contributed by atoms with Crippen LogP contribution < -0.4 is 4.90 Å². The molecule has 2 atom stereocenters. The van der Waals surface area contributed by atoms with Crippen LogP contribution in [0.5, 0.6) is 0 Å². The second-order valence-electron chi connectivity index (χ2n) is 4.72. The van der Waals surface area contributed by atoms with Gasteiger partial charge in [-0.1, -0.05) is 12.2 Å². The first-order chi connectivity index (χ1) is 8.93. The molecule has 2 aromatic rings. The first-order valence-electron chi connectivity index (χ1n) is 6.19. The van der Waals surface area contributed by atoms with Crippen molar-refractivity contribution in [1.82, 2.24) is 0 Å². The van der Waals surface area contributed by atoms with E-state index in [-0.39, 0.29) is 0 Å². The van der Waals surface area contributed by atoms with Crippen molar-refractivity contribution < 1.29 is 8.83 Å². The lowest BCUT2D eigenvalue weighted by Gasteiger charge is -2.23. The average molecular weight is 239 g/mol. The predicted octanol–water partition coefficient (Wildman–Crippen LogP) is 4.10. The molecule has 0 aromatic carbocycles. The molecule has 0 saturated heterocycles. The lowest BCUT2D eigenvalue weighted by atomic mass is 10.1. The molecule has 0 aliphatic heterocycles. The third-order valence-corrected chi connectivity index (χ3v) is 3.56. The zero-order valence-corrected chi connectivity index (χ0v) is 9.82. The number of allylic oxidation sites excluding steroid dienone is 4. The fraction of sp³-hybridized carbons (Fsp3) is 0.200. The standard InChI is InChI=1S/C15H13NO2/c1-4-11-10-12(11)13(5-1)16(14-6-2-8-17-14)15-7-3-9-18-15/h1-9,11-12H,10H2. The van der Waals surface area contributed by atoms with Crippen molar-refractivity contribution in [1.29, 1.82) is 0 Å². The molecule has 2 heterocycles. The Balaban J connectivity index is 1.80. The molecular weight excluding hydrogens is 226 g/mol. The fourth-order valence-electron chi connectivity index (χ4n) is 2.59. The van der Waals surface area contributed by atoms with E-state index >= 15 is 0 Å². The summed E-state index contributed by atoms with van der Waals surface area (Å²) in [5.41, 5.74) is 1.26.